The number of nitrogen functional groups attached to an aromatic ring is 1. The Balaban J connectivity index is 2.13. The second-order valence-corrected chi connectivity index (χ2v) is 5.15. The van der Waals surface area contributed by atoms with E-state index in [0.717, 1.165) is 4.90 Å². The molecule has 0 radical (unpaired) electrons. The number of carbonyl (C=O) groups excluding carboxylic acids is 1. The Morgan fingerprint density at radius 3 is 3.00 bits per heavy atom. The maximum atomic E-state index is 11.5. The van der Waals surface area contributed by atoms with Crippen molar-refractivity contribution in [1.82, 2.24) is 0 Å². The van der Waals surface area contributed by atoms with E-state index in [1.54, 1.807) is 24.3 Å². The van der Waals surface area contributed by atoms with Crippen LogP contribution >= 0.6 is 23.4 Å². The van der Waals surface area contributed by atoms with Crippen LogP contribution in [0.2, 0.25) is 5.02 Å². The fourth-order valence-electron chi connectivity index (χ4n) is 1.52. The van der Waals surface area contributed by atoms with Gasteiger partial charge in [-0.3, -0.25) is 0 Å². The number of anilines is 1. The molecule has 19 heavy (non-hydrogen) atoms. The van der Waals surface area contributed by atoms with Crippen molar-refractivity contribution in [1.29, 1.82) is 0 Å². The molecule has 0 atom stereocenters. The minimum Gasteiger partial charge on any atom is -0.468 e. The second kappa shape index (κ2) is 6.04. The van der Waals surface area contributed by atoms with Gasteiger partial charge < -0.3 is 14.9 Å². The van der Waals surface area contributed by atoms with Crippen LogP contribution in [-0.2, 0) is 10.5 Å². The molecule has 1 heterocycles. The first-order chi connectivity index (χ1) is 9.11. The van der Waals surface area contributed by atoms with Crippen molar-refractivity contribution in [2.45, 2.75) is 10.6 Å². The Morgan fingerprint density at radius 1 is 1.47 bits per heavy atom. The summed E-state index contributed by atoms with van der Waals surface area (Å²) < 4.78 is 9.96. The molecule has 0 aliphatic heterocycles. The van der Waals surface area contributed by atoms with Crippen LogP contribution in [-0.4, -0.2) is 13.1 Å². The van der Waals surface area contributed by atoms with Gasteiger partial charge in [0.2, 0.25) is 0 Å². The zero-order chi connectivity index (χ0) is 13.8. The van der Waals surface area contributed by atoms with Crippen LogP contribution in [0.3, 0.4) is 0 Å². The number of rotatable bonds is 4. The van der Waals surface area contributed by atoms with Gasteiger partial charge in [0.05, 0.1) is 24.1 Å². The number of thioether (sulfide) groups is 1. The van der Waals surface area contributed by atoms with Gasteiger partial charge in [-0.1, -0.05) is 11.6 Å². The van der Waals surface area contributed by atoms with Gasteiger partial charge in [0.15, 0.2) is 0 Å². The summed E-state index contributed by atoms with van der Waals surface area (Å²) in [7, 11) is 1.33. The second-order valence-electron chi connectivity index (χ2n) is 3.73. The maximum absolute atomic E-state index is 11.5. The van der Waals surface area contributed by atoms with Gasteiger partial charge in [0.1, 0.15) is 11.3 Å². The summed E-state index contributed by atoms with van der Waals surface area (Å²) in [5.74, 6) is 0.610. The number of nitrogens with two attached hydrogens (primary N) is 1. The van der Waals surface area contributed by atoms with E-state index in [-0.39, 0.29) is 0 Å². The van der Waals surface area contributed by atoms with Crippen molar-refractivity contribution in [3.63, 3.8) is 0 Å². The lowest BCUT2D eigenvalue weighted by atomic mass is 10.3. The topological polar surface area (TPSA) is 65.5 Å². The van der Waals surface area contributed by atoms with Gasteiger partial charge in [0, 0.05) is 10.6 Å². The number of ether oxygens (including phenoxy) is 1. The third-order valence-corrected chi connectivity index (χ3v) is 3.96. The van der Waals surface area contributed by atoms with Crippen LogP contribution in [0.4, 0.5) is 5.69 Å². The molecule has 100 valence electrons. The van der Waals surface area contributed by atoms with Gasteiger partial charge in [0.25, 0.3) is 0 Å². The predicted molar refractivity (Wildman–Crippen MR) is 75.5 cm³/mol. The quantitative estimate of drug-likeness (QED) is 0.531. The number of benzene rings is 1. The number of esters is 1. The van der Waals surface area contributed by atoms with E-state index >= 15 is 0 Å². The lowest BCUT2D eigenvalue weighted by molar-refractivity contribution is 0.0598. The first-order valence-electron chi connectivity index (χ1n) is 5.44. The first-order valence-corrected chi connectivity index (χ1v) is 6.80. The summed E-state index contributed by atoms with van der Waals surface area (Å²) in [6.45, 7) is 0. The lowest BCUT2D eigenvalue weighted by Crippen LogP contribution is -2.02. The molecule has 2 rings (SSSR count). The minimum absolute atomic E-state index is 0.414. The molecule has 0 saturated heterocycles. The molecular formula is C13H12ClNO3S. The average Bonchev–Trinajstić information content (AvgIpc) is 2.87. The molecule has 6 heteroatoms. The SMILES string of the molecule is COC(=O)c1ccoc1CSc1cc(N)ccc1Cl. The Labute approximate surface area is 119 Å². The average molecular weight is 298 g/mol. The first kappa shape index (κ1) is 13.8. The number of hydrogen-bond donors (Lipinski definition) is 1. The van der Waals surface area contributed by atoms with E-state index in [9.17, 15) is 4.79 Å². The van der Waals surface area contributed by atoms with E-state index in [0.29, 0.717) is 27.8 Å². The molecule has 4 nitrogen and oxygen atoms in total. The number of carbonyl (C=O) groups is 1. The summed E-state index contributed by atoms with van der Waals surface area (Å²) in [6, 6.07) is 6.85. The van der Waals surface area contributed by atoms with Crippen LogP contribution in [0.15, 0.2) is 39.8 Å². The molecule has 1 aromatic carbocycles. The summed E-state index contributed by atoms with van der Waals surface area (Å²) >= 11 is 7.51. The van der Waals surface area contributed by atoms with Crippen LogP contribution in [0.25, 0.3) is 0 Å². The third kappa shape index (κ3) is 3.24. The van der Waals surface area contributed by atoms with Gasteiger partial charge >= 0.3 is 5.97 Å². The van der Waals surface area contributed by atoms with Gasteiger partial charge in [-0.05, 0) is 24.3 Å². The highest BCUT2D eigenvalue weighted by Crippen LogP contribution is 2.32. The molecule has 0 amide bonds. The van der Waals surface area contributed by atoms with Crippen molar-refractivity contribution >= 4 is 35.0 Å². The van der Waals surface area contributed by atoms with E-state index in [2.05, 4.69) is 4.74 Å². The predicted octanol–water partition coefficient (Wildman–Crippen LogP) is 3.59. The summed E-state index contributed by atoms with van der Waals surface area (Å²) in [5.41, 5.74) is 6.77. The van der Waals surface area contributed by atoms with Crippen molar-refractivity contribution in [3.8, 4) is 0 Å². The minimum atomic E-state index is -0.414. The van der Waals surface area contributed by atoms with E-state index in [4.69, 9.17) is 21.8 Å². The fourth-order valence-corrected chi connectivity index (χ4v) is 2.73. The summed E-state index contributed by atoms with van der Waals surface area (Å²) in [4.78, 5) is 12.3. The molecule has 0 saturated carbocycles. The third-order valence-electron chi connectivity index (χ3n) is 2.46. The number of halogens is 1. The maximum Gasteiger partial charge on any atom is 0.341 e. The monoisotopic (exact) mass is 297 g/mol. The zero-order valence-electron chi connectivity index (χ0n) is 10.2. The van der Waals surface area contributed by atoms with Crippen LogP contribution in [0.1, 0.15) is 16.1 Å². The Morgan fingerprint density at radius 2 is 2.26 bits per heavy atom. The summed E-state index contributed by atoms with van der Waals surface area (Å²) in [6.07, 6.45) is 1.46. The fraction of sp³-hybridized carbons (Fsp3) is 0.154. The standard InChI is InChI=1S/C13H12ClNO3S/c1-17-13(16)9-4-5-18-11(9)7-19-12-6-8(15)2-3-10(12)14/h2-6H,7,15H2,1H3. The van der Waals surface area contributed by atoms with Crippen LogP contribution in [0, 0.1) is 0 Å². The molecular weight excluding hydrogens is 286 g/mol. The smallest absolute Gasteiger partial charge is 0.341 e. The van der Waals surface area contributed by atoms with Crippen molar-refractivity contribution in [3.05, 3.63) is 46.9 Å². The van der Waals surface area contributed by atoms with E-state index in [1.807, 2.05) is 0 Å². The molecule has 0 bridgehead atoms. The number of furan rings is 1. The molecule has 1 aromatic heterocycles. The molecule has 0 aliphatic carbocycles. The number of hydrogen-bond acceptors (Lipinski definition) is 5. The van der Waals surface area contributed by atoms with E-state index < -0.39 is 5.97 Å². The Bertz CT molecular complexity index is 597. The lowest BCUT2D eigenvalue weighted by Gasteiger charge is -2.05. The molecule has 2 N–H and O–H groups in total. The van der Waals surface area contributed by atoms with Crippen LogP contribution < -0.4 is 5.73 Å². The zero-order valence-corrected chi connectivity index (χ0v) is 11.8. The van der Waals surface area contributed by atoms with Gasteiger partial charge in [-0.2, -0.15) is 0 Å². The highest BCUT2D eigenvalue weighted by molar-refractivity contribution is 7.98. The molecule has 0 aliphatic rings. The van der Waals surface area contributed by atoms with Crippen molar-refractivity contribution in [2.24, 2.45) is 0 Å². The highest BCUT2D eigenvalue weighted by Gasteiger charge is 2.15. The van der Waals surface area contributed by atoms with E-state index in [1.165, 1.54) is 25.1 Å². The van der Waals surface area contributed by atoms with Crippen molar-refractivity contribution in [2.75, 3.05) is 12.8 Å². The normalized spacial score (nSPS) is 10.4. The molecule has 2 aromatic rings. The Kier molecular flexibility index (Phi) is 4.39. The largest absolute Gasteiger partial charge is 0.468 e. The van der Waals surface area contributed by atoms with Crippen molar-refractivity contribution < 1.29 is 13.9 Å². The van der Waals surface area contributed by atoms with Crippen LogP contribution in [0.5, 0.6) is 0 Å². The Hall–Kier alpha value is -1.59. The van der Waals surface area contributed by atoms with Gasteiger partial charge in [-0.25, -0.2) is 4.79 Å². The van der Waals surface area contributed by atoms with Gasteiger partial charge in [-0.15, -0.1) is 11.8 Å². The molecule has 0 fully saturated rings. The highest BCUT2D eigenvalue weighted by atomic mass is 35.5. The molecule has 0 spiro atoms. The molecule has 0 unspecified atom stereocenters. The summed E-state index contributed by atoms with van der Waals surface area (Å²) in [5, 5.41) is 0.616. The number of methoxy groups -OCH3 is 1.